The molecule has 1 N–H and O–H groups in total. The Kier molecular flexibility index (Phi) is 2.32. The molecule has 2 rings (SSSR count). The van der Waals surface area contributed by atoms with E-state index in [0.29, 0.717) is 9.98 Å². The summed E-state index contributed by atoms with van der Waals surface area (Å²) in [5.74, 6) is -0.643. The molecule has 1 aromatic carbocycles. The van der Waals surface area contributed by atoms with Gasteiger partial charge in [-0.3, -0.25) is 10.1 Å². The molecule has 1 heterocycles. The summed E-state index contributed by atoms with van der Waals surface area (Å²) < 4.78 is 0.659. The molecule has 1 aliphatic heterocycles. The molecule has 0 spiro atoms. The predicted molar refractivity (Wildman–Crippen MR) is 55.2 cm³/mol. The van der Waals surface area contributed by atoms with Crippen LogP contribution in [0.2, 0.25) is 0 Å². The summed E-state index contributed by atoms with van der Waals surface area (Å²) in [6.07, 6.45) is 0. The van der Waals surface area contributed by atoms with E-state index in [1.165, 1.54) is 0 Å². The highest BCUT2D eigenvalue weighted by atomic mass is 35.5. The first-order chi connectivity index (χ1) is 7.06. The fourth-order valence-corrected chi connectivity index (χ4v) is 1.83. The molecule has 1 fully saturated rings. The van der Waals surface area contributed by atoms with Crippen LogP contribution in [0.25, 0.3) is 0 Å². The molecule has 0 bridgehead atoms. The summed E-state index contributed by atoms with van der Waals surface area (Å²) in [5.41, 5.74) is 0.449. The Hall–Kier alpha value is -1.26. The SMILES string of the molecule is O=C1NC(=O)C(Cl)(c2ccccc2)N1Cl. The number of benzene rings is 1. The fraction of sp³-hybridized carbons (Fsp3) is 0.111. The molecule has 0 saturated carbocycles. The van der Waals surface area contributed by atoms with Gasteiger partial charge in [0, 0.05) is 17.3 Å². The zero-order valence-corrected chi connectivity index (χ0v) is 8.92. The molecule has 6 heteroatoms. The molecule has 0 aromatic heterocycles. The Morgan fingerprint density at radius 3 is 2.27 bits per heavy atom. The molecular weight excluding hydrogens is 239 g/mol. The predicted octanol–water partition coefficient (Wildman–Crippen LogP) is 1.78. The van der Waals surface area contributed by atoms with Gasteiger partial charge in [-0.25, -0.2) is 9.21 Å². The third kappa shape index (κ3) is 1.37. The van der Waals surface area contributed by atoms with Crippen molar-refractivity contribution in [2.45, 2.75) is 5.00 Å². The second-order valence-corrected chi connectivity index (χ2v) is 3.91. The van der Waals surface area contributed by atoms with Crippen molar-refractivity contribution in [3.05, 3.63) is 35.9 Å². The van der Waals surface area contributed by atoms with Gasteiger partial charge in [-0.2, -0.15) is 0 Å². The Balaban J connectivity index is 2.51. The van der Waals surface area contributed by atoms with Gasteiger partial charge in [0.15, 0.2) is 0 Å². The number of nitrogens with one attached hydrogen (secondary N) is 1. The van der Waals surface area contributed by atoms with Gasteiger partial charge in [-0.15, -0.1) is 0 Å². The van der Waals surface area contributed by atoms with Gasteiger partial charge in [0.25, 0.3) is 5.91 Å². The Bertz CT molecular complexity index is 423. The van der Waals surface area contributed by atoms with E-state index in [4.69, 9.17) is 23.4 Å². The molecule has 1 aromatic rings. The largest absolute Gasteiger partial charge is 0.341 e. The quantitative estimate of drug-likeness (QED) is 0.355. The highest BCUT2D eigenvalue weighted by molar-refractivity contribution is 6.43. The fourth-order valence-electron chi connectivity index (χ4n) is 1.36. The van der Waals surface area contributed by atoms with Gasteiger partial charge in [0.05, 0.1) is 0 Å². The molecule has 1 aliphatic rings. The third-order valence-electron chi connectivity index (χ3n) is 2.13. The molecule has 1 saturated heterocycles. The first kappa shape index (κ1) is 10.3. The van der Waals surface area contributed by atoms with E-state index in [9.17, 15) is 9.59 Å². The Labute approximate surface area is 95.9 Å². The van der Waals surface area contributed by atoms with Crippen LogP contribution in [-0.2, 0) is 9.79 Å². The van der Waals surface area contributed by atoms with Crippen LogP contribution in [-0.4, -0.2) is 16.4 Å². The molecule has 0 aliphatic carbocycles. The van der Waals surface area contributed by atoms with Gasteiger partial charge < -0.3 is 0 Å². The molecule has 1 atom stereocenters. The smallest absolute Gasteiger partial charge is 0.273 e. The number of imide groups is 1. The molecule has 15 heavy (non-hydrogen) atoms. The number of halogens is 2. The number of carbonyl (C=O) groups is 2. The zero-order chi connectivity index (χ0) is 11.1. The number of rotatable bonds is 1. The van der Waals surface area contributed by atoms with Crippen LogP contribution in [0, 0.1) is 0 Å². The summed E-state index contributed by atoms with van der Waals surface area (Å²) in [6, 6.07) is 7.72. The molecule has 4 nitrogen and oxygen atoms in total. The first-order valence-corrected chi connectivity index (χ1v) is 4.84. The maximum Gasteiger partial charge on any atom is 0.341 e. The summed E-state index contributed by atoms with van der Waals surface area (Å²) in [5, 5.41) is 2.04. The zero-order valence-electron chi connectivity index (χ0n) is 7.41. The van der Waals surface area contributed by atoms with Crippen molar-refractivity contribution in [2.75, 3.05) is 0 Å². The lowest BCUT2D eigenvalue weighted by Crippen LogP contribution is -2.36. The number of hydrogen-bond donors (Lipinski definition) is 1. The van der Waals surface area contributed by atoms with Crippen molar-refractivity contribution in [2.24, 2.45) is 0 Å². The maximum absolute atomic E-state index is 11.5. The average Bonchev–Trinajstić information content (AvgIpc) is 2.45. The number of nitrogens with zero attached hydrogens (tertiary/aromatic N) is 1. The monoisotopic (exact) mass is 244 g/mol. The van der Waals surface area contributed by atoms with E-state index >= 15 is 0 Å². The van der Waals surface area contributed by atoms with Gasteiger partial charge in [0.1, 0.15) is 0 Å². The van der Waals surface area contributed by atoms with E-state index in [2.05, 4.69) is 0 Å². The maximum atomic E-state index is 11.5. The second kappa shape index (κ2) is 3.40. The molecule has 3 amide bonds. The minimum Gasteiger partial charge on any atom is -0.273 e. The topological polar surface area (TPSA) is 49.4 Å². The summed E-state index contributed by atoms with van der Waals surface area (Å²) in [7, 11) is 0. The summed E-state index contributed by atoms with van der Waals surface area (Å²) in [6.45, 7) is 0. The van der Waals surface area contributed by atoms with Crippen LogP contribution in [0.5, 0.6) is 0 Å². The van der Waals surface area contributed by atoms with Crippen LogP contribution in [0.15, 0.2) is 30.3 Å². The Morgan fingerprint density at radius 2 is 1.80 bits per heavy atom. The lowest BCUT2D eigenvalue weighted by atomic mass is 10.1. The lowest BCUT2D eigenvalue weighted by Gasteiger charge is -2.23. The van der Waals surface area contributed by atoms with Crippen LogP contribution in [0.4, 0.5) is 4.79 Å². The molecule has 0 radical (unpaired) electrons. The standard InChI is InChI=1S/C9H6Cl2N2O2/c10-9(6-4-2-1-3-5-6)7(14)12-8(15)13(9)11/h1-5H,(H,12,14,15). The number of urea groups is 1. The first-order valence-electron chi connectivity index (χ1n) is 4.12. The molecule has 1 unspecified atom stereocenters. The van der Waals surface area contributed by atoms with Crippen molar-refractivity contribution >= 4 is 35.3 Å². The van der Waals surface area contributed by atoms with Crippen LogP contribution < -0.4 is 5.32 Å². The van der Waals surface area contributed by atoms with Gasteiger partial charge in [0.2, 0.25) is 5.00 Å². The molecule has 78 valence electrons. The third-order valence-corrected chi connectivity index (χ3v) is 3.18. The van der Waals surface area contributed by atoms with Gasteiger partial charge >= 0.3 is 6.03 Å². The van der Waals surface area contributed by atoms with E-state index in [1.54, 1.807) is 30.3 Å². The van der Waals surface area contributed by atoms with Gasteiger partial charge in [-0.1, -0.05) is 41.9 Å². The van der Waals surface area contributed by atoms with Crippen molar-refractivity contribution < 1.29 is 9.59 Å². The van der Waals surface area contributed by atoms with Crippen molar-refractivity contribution in [1.29, 1.82) is 0 Å². The number of hydrogen-bond acceptors (Lipinski definition) is 2. The van der Waals surface area contributed by atoms with Gasteiger partial charge in [-0.05, 0) is 0 Å². The van der Waals surface area contributed by atoms with E-state index in [-0.39, 0.29) is 0 Å². The summed E-state index contributed by atoms with van der Waals surface area (Å²) >= 11 is 11.7. The number of carbonyl (C=O) groups excluding carboxylic acids is 2. The van der Waals surface area contributed by atoms with Crippen molar-refractivity contribution in [1.82, 2.24) is 9.74 Å². The highest BCUT2D eigenvalue weighted by Gasteiger charge is 2.53. The van der Waals surface area contributed by atoms with Crippen LogP contribution in [0.1, 0.15) is 5.56 Å². The van der Waals surface area contributed by atoms with Crippen molar-refractivity contribution in [3.8, 4) is 0 Å². The number of alkyl halides is 1. The lowest BCUT2D eigenvalue weighted by molar-refractivity contribution is -0.122. The number of amides is 3. The van der Waals surface area contributed by atoms with E-state index in [0.717, 1.165) is 0 Å². The second-order valence-electron chi connectivity index (χ2n) is 3.03. The highest BCUT2D eigenvalue weighted by Crippen LogP contribution is 2.38. The van der Waals surface area contributed by atoms with E-state index in [1.807, 2.05) is 5.32 Å². The van der Waals surface area contributed by atoms with E-state index < -0.39 is 16.9 Å². The van der Waals surface area contributed by atoms with Crippen LogP contribution in [0.3, 0.4) is 0 Å². The minimum atomic E-state index is -1.65. The minimum absolute atomic E-state index is 0.449. The summed E-state index contributed by atoms with van der Waals surface area (Å²) in [4.78, 5) is 21.0. The normalized spacial score (nSPS) is 25.6. The Morgan fingerprint density at radius 1 is 1.20 bits per heavy atom. The van der Waals surface area contributed by atoms with Crippen LogP contribution >= 0.6 is 23.4 Å². The average molecular weight is 245 g/mol. The molecular formula is C9H6Cl2N2O2. The van der Waals surface area contributed by atoms with Crippen molar-refractivity contribution in [3.63, 3.8) is 0 Å².